The van der Waals surface area contributed by atoms with Crippen LogP contribution in [0.4, 0.5) is 0 Å². The number of thioether (sulfide) groups is 1. The molecule has 2 atom stereocenters. The highest BCUT2D eigenvalue weighted by Gasteiger charge is 2.14. The van der Waals surface area contributed by atoms with Crippen molar-refractivity contribution in [3.05, 3.63) is 0 Å². The molecule has 0 aliphatic rings. The van der Waals surface area contributed by atoms with Crippen LogP contribution in [0.25, 0.3) is 0 Å². The van der Waals surface area contributed by atoms with Crippen molar-refractivity contribution in [2.24, 2.45) is 0 Å². The molecule has 5 heteroatoms. The molecule has 96 valence electrons. The quantitative estimate of drug-likeness (QED) is 0.500. The van der Waals surface area contributed by atoms with Crippen LogP contribution >= 0.6 is 11.8 Å². The largest absolute Gasteiger partial charge is 0.463 e. The maximum atomic E-state index is 11.1. The normalized spacial score (nSPS) is 14.9. The van der Waals surface area contributed by atoms with Crippen molar-refractivity contribution < 1.29 is 19.7 Å². The summed E-state index contributed by atoms with van der Waals surface area (Å²) in [6.07, 6.45) is -0.578. The Bertz CT molecular complexity index is 196. The number of carbonyl (C=O) groups excluding carboxylic acids is 1. The van der Waals surface area contributed by atoms with Crippen LogP contribution in [0.2, 0.25) is 0 Å². The Labute approximate surface area is 101 Å². The summed E-state index contributed by atoms with van der Waals surface area (Å²) in [6, 6.07) is 0. The molecule has 0 heterocycles. The number of esters is 1. The standard InChI is InChI=1S/C11H22O4S/c1-4-9(12)10(13)7-16-6-5-11(14)15-8(2)3/h8-10,12-13H,4-7H2,1-3H3. The molecule has 0 radical (unpaired) electrons. The first-order valence-electron chi connectivity index (χ1n) is 5.60. The summed E-state index contributed by atoms with van der Waals surface area (Å²) in [5, 5.41) is 18.7. The number of hydrogen-bond donors (Lipinski definition) is 2. The van der Waals surface area contributed by atoms with Crippen molar-refractivity contribution in [2.75, 3.05) is 11.5 Å². The molecule has 2 N–H and O–H groups in total. The van der Waals surface area contributed by atoms with E-state index in [1.54, 1.807) is 0 Å². The van der Waals surface area contributed by atoms with E-state index in [0.717, 1.165) is 0 Å². The Morgan fingerprint density at radius 3 is 2.44 bits per heavy atom. The Morgan fingerprint density at radius 1 is 1.31 bits per heavy atom. The van der Waals surface area contributed by atoms with Crippen molar-refractivity contribution in [1.82, 2.24) is 0 Å². The van der Waals surface area contributed by atoms with Crippen molar-refractivity contribution in [1.29, 1.82) is 0 Å². The number of ether oxygens (including phenoxy) is 1. The molecule has 0 bridgehead atoms. The topological polar surface area (TPSA) is 66.8 Å². The minimum Gasteiger partial charge on any atom is -0.463 e. The van der Waals surface area contributed by atoms with Gasteiger partial charge in [0.2, 0.25) is 0 Å². The van der Waals surface area contributed by atoms with Gasteiger partial charge in [-0.3, -0.25) is 4.79 Å². The van der Waals surface area contributed by atoms with Crippen molar-refractivity contribution in [2.45, 2.75) is 51.9 Å². The van der Waals surface area contributed by atoms with Gasteiger partial charge in [-0.15, -0.1) is 0 Å². The van der Waals surface area contributed by atoms with Crippen LogP contribution in [0.15, 0.2) is 0 Å². The van der Waals surface area contributed by atoms with Crippen LogP contribution in [0, 0.1) is 0 Å². The van der Waals surface area contributed by atoms with E-state index in [2.05, 4.69) is 0 Å². The van der Waals surface area contributed by atoms with Crippen molar-refractivity contribution >= 4 is 17.7 Å². The Kier molecular flexibility index (Phi) is 8.70. The number of carbonyl (C=O) groups is 1. The lowest BCUT2D eigenvalue weighted by molar-refractivity contribution is -0.146. The van der Waals surface area contributed by atoms with Gasteiger partial charge < -0.3 is 14.9 Å². The smallest absolute Gasteiger partial charge is 0.306 e. The molecule has 2 unspecified atom stereocenters. The van der Waals surface area contributed by atoms with Gasteiger partial charge in [0.1, 0.15) is 0 Å². The summed E-state index contributed by atoms with van der Waals surface area (Å²) in [6.45, 7) is 5.44. The first-order valence-corrected chi connectivity index (χ1v) is 6.76. The van der Waals surface area contributed by atoms with Gasteiger partial charge in [-0.2, -0.15) is 11.8 Å². The monoisotopic (exact) mass is 250 g/mol. The third-order valence-electron chi connectivity index (χ3n) is 1.97. The Balaban J connectivity index is 3.49. The van der Waals surface area contributed by atoms with Gasteiger partial charge in [-0.25, -0.2) is 0 Å². The summed E-state index contributed by atoms with van der Waals surface area (Å²) in [5.74, 6) is 0.844. The molecule has 0 aliphatic carbocycles. The van der Waals surface area contributed by atoms with Crippen molar-refractivity contribution in [3.8, 4) is 0 Å². The molecule has 0 spiro atoms. The van der Waals surface area contributed by atoms with Gasteiger partial charge in [0, 0.05) is 11.5 Å². The molecule has 0 rings (SSSR count). The number of hydrogen-bond acceptors (Lipinski definition) is 5. The van der Waals surface area contributed by atoms with Gasteiger partial charge in [0.25, 0.3) is 0 Å². The van der Waals surface area contributed by atoms with Gasteiger partial charge in [-0.05, 0) is 20.3 Å². The minimum absolute atomic E-state index is 0.0787. The molecule has 0 amide bonds. The molecule has 0 aliphatic heterocycles. The van der Waals surface area contributed by atoms with Crippen LogP contribution in [0.1, 0.15) is 33.6 Å². The van der Waals surface area contributed by atoms with E-state index in [1.807, 2.05) is 20.8 Å². The summed E-state index contributed by atoms with van der Waals surface area (Å²) in [5.41, 5.74) is 0. The van der Waals surface area contributed by atoms with E-state index in [9.17, 15) is 15.0 Å². The maximum absolute atomic E-state index is 11.1. The van der Waals surface area contributed by atoms with Crippen LogP contribution in [-0.2, 0) is 9.53 Å². The molecule has 0 saturated heterocycles. The summed E-state index contributed by atoms with van der Waals surface area (Å²) in [7, 11) is 0. The Morgan fingerprint density at radius 2 is 1.94 bits per heavy atom. The number of rotatable bonds is 8. The number of aliphatic hydroxyl groups excluding tert-OH is 2. The fraction of sp³-hybridized carbons (Fsp3) is 0.909. The zero-order valence-electron chi connectivity index (χ0n) is 10.2. The molecule has 0 aromatic rings. The third kappa shape index (κ3) is 7.96. The second kappa shape index (κ2) is 8.84. The van der Waals surface area contributed by atoms with Gasteiger partial charge >= 0.3 is 5.97 Å². The van der Waals surface area contributed by atoms with Crippen LogP contribution in [-0.4, -0.2) is 46.0 Å². The fourth-order valence-electron chi connectivity index (χ4n) is 1.06. The average molecular weight is 250 g/mol. The lowest BCUT2D eigenvalue weighted by atomic mass is 10.2. The van der Waals surface area contributed by atoms with Gasteiger partial charge in [-0.1, -0.05) is 6.92 Å². The summed E-state index contributed by atoms with van der Waals surface area (Å²) >= 11 is 1.45. The minimum atomic E-state index is -0.712. The van der Waals surface area contributed by atoms with Crippen LogP contribution in [0.3, 0.4) is 0 Å². The molecule has 0 saturated carbocycles. The first-order chi connectivity index (χ1) is 7.47. The molecule has 0 aromatic heterocycles. The van der Waals surface area contributed by atoms with E-state index >= 15 is 0 Å². The zero-order valence-corrected chi connectivity index (χ0v) is 11.0. The zero-order chi connectivity index (χ0) is 12.6. The molecule has 0 fully saturated rings. The molecule has 4 nitrogen and oxygen atoms in total. The highest BCUT2D eigenvalue weighted by atomic mass is 32.2. The molecular formula is C11H22O4S. The van der Waals surface area contributed by atoms with E-state index in [4.69, 9.17) is 4.74 Å². The summed E-state index contributed by atoms with van der Waals surface area (Å²) in [4.78, 5) is 11.1. The van der Waals surface area contributed by atoms with E-state index in [1.165, 1.54) is 11.8 Å². The predicted molar refractivity (Wildman–Crippen MR) is 65.5 cm³/mol. The van der Waals surface area contributed by atoms with Crippen molar-refractivity contribution in [3.63, 3.8) is 0 Å². The van der Waals surface area contributed by atoms with E-state index in [0.29, 0.717) is 24.3 Å². The van der Waals surface area contributed by atoms with E-state index < -0.39 is 12.2 Å². The molecule has 0 aromatic carbocycles. The highest BCUT2D eigenvalue weighted by molar-refractivity contribution is 7.99. The number of aliphatic hydroxyl groups is 2. The van der Waals surface area contributed by atoms with Crippen LogP contribution in [0.5, 0.6) is 0 Å². The predicted octanol–water partition coefficient (Wildman–Crippen LogP) is 1.19. The second-order valence-corrected chi connectivity index (χ2v) is 5.06. The highest BCUT2D eigenvalue weighted by Crippen LogP contribution is 2.10. The first kappa shape index (κ1) is 15.7. The Hall–Kier alpha value is -0.260. The van der Waals surface area contributed by atoms with E-state index in [-0.39, 0.29) is 12.1 Å². The second-order valence-electron chi connectivity index (χ2n) is 3.91. The average Bonchev–Trinajstić information content (AvgIpc) is 2.21. The summed E-state index contributed by atoms with van der Waals surface area (Å²) < 4.78 is 4.96. The fourth-order valence-corrected chi connectivity index (χ4v) is 2.01. The lowest BCUT2D eigenvalue weighted by Gasteiger charge is -2.15. The lowest BCUT2D eigenvalue weighted by Crippen LogP contribution is -2.27. The third-order valence-corrected chi connectivity index (χ3v) is 3.04. The van der Waals surface area contributed by atoms with Crippen LogP contribution < -0.4 is 0 Å². The molecular weight excluding hydrogens is 228 g/mol. The SMILES string of the molecule is CCC(O)C(O)CSCCC(=O)OC(C)C. The maximum Gasteiger partial charge on any atom is 0.306 e. The molecule has 16 heavy (non-hydrogen) atoms. The van der Waals surface area contributed by atoms with Gasteiger partial charge in [0.05, 0.1) is 24.7 Å². The van der Waals surface area contributed by atoms with Gasteiger partial charge in [0.15, 0.2) is 0 Å².